The predicted octanol–water partition coefficient (Wildman–Crippen LogP) is 10.2. The number of benzene rings is 9. The number of aliphatic hydroxyl groups is 4. The lowest BCUT2D eigenvalue weighted by atomic mass is 10.0. The fourth-order valence-electron chi connectivity index (χ4n) is 11.4. The number of alkyl halides is 1. The molecule has 2 fully saturated rings. The number of imidazole rings is 2. The molecule has 11 aromatic rings. The fraction of sp³-hybridized carbons (Fsp3) is 0.205. The van der Waals surface area contributed by atoms with E-state index in [-0.39, 0.29) is 71.7 Å². The van der Waals surface area contributed by atoms with Crippen molar-refractivity contribution >= 4 is 179 Å². The van der Waals surface area contributed by atoms with Gasteiger partial charge in [0.2, 0.25) is 53.7 Å². The van der Waals surface area contributed by atoms with Crippen LogP contribution in [0.5, 0.6) is 0 Å². The molecule has 0 radical (unpaired) electrons. The second-order valence-electron chi connectivity index (χ2n) is 27.4. The zero-order chi connectivity index (χ0) is 93.5. The number of carbonyl (C=O) groups is 6. The normalized spacial score (nSPS) is 13.4. The van der Waals surface area contributed by atoms with Gasteiger partial charge in [-0.2, -0.15) is 4.99 Å². The molecule has 0 spiro atoms. The fourth-order valence-corrected chi connectivity index (χ4v) is 15.1. The van der Waals surface area contributed by atoms with E-state index in [1.54, 1.807) is 168 Å². The molecule has 2 aliphatic heterocycles. The van der Waals surface area contributed by atoms with Gasteiger partial charge in [-0.3, -0.25) is 33.3 Å². The summed E-state index contributed by atoms with van der Waals surface area (Å²) >= 11 is 19.3. The van der Waals surface area contributed by atoms with Gasteiger partial charge in [-0.05, 0) is 234 Å². The number of ether oxygens (including phenoxy) is 2. The number of anilines is 4. The number of halogens is 1. The largest absolute Gasteiger partial charge is 0.465 e. The van der Waals surface area contributed by atoms with Crippen LogP contribution in [0, 0.1) is 0 Å². The number of methoxy groups -OCH3 is 2. The molecule has 128 heavy (non-hydrogen) atoms. The van der Waals surface area contributed by atoms with E-state index in [9.17, 15) is 59.1 Å². The number of esters is 2. The molecule has 9 aromatic carbocycles. The standard InChI is InChI=1S/C28H28N4O7S2.C18H21NO3S2.C12H10BrNO4.C8H12N2O2S.C8H7NOS.C7H6N4S.C7H9NO/c1-39-27(36)20-6-10-22(11-7-20)32-25(34)16-24(26(32)35)40-28(31-21-8-2-19(17-33)3-9-21)30-15-14-18-4-12-23(13-5-18)41(29,37)38;19-24(21,22)18-10-8-14(9-11-18)2-1-3-17(23)12-15-4-6-16(13-20)7-5-15;1-18-12(17)7-2-4-8(5-3-7)14-10(15)6-9(13)11(14)16;9-6-5-7-1-3-8(4-2-7)13(10,11)12;10-5-7-1-3-8(4-2-7)9-6-11;12-7(10-3-1-8-5-10)11-4-2-9-6-11;8-7-3-1-6(5-9)2-4-7/h2-13,24,33H,14-17H2,1H3,(H,30,31)(H2,29,37,38);4-11,20H,1-3,12-13H2,(H2,19,21,22);2-5,9H,6H2,1H3;1-4H,5-6,9H2,(H2,10,11,12);1-4,10H,5H2;1-6H;1-4,9H,5,8H2. The van der Waals surface area contributed by atoms with Crippen molar-refractivity contribution < 1.29 is 83.9 Å². The van der Waals surface area contributed by atoms with Crippen LogP contribution < -0.4 is 42.0 Å². The number of aromatic nitrogens is 4. The predicted molar refractivity (Wildman–Crippen MR) is 505 cm³/mol. The summed E-state index contributed by atoms with van der Waals surface area (Å²) in [5.74, 6) is -2.31. The van der Waals surface area contributed by atoms with Gasteiger partial charge < -0.3 is 46.7 Å². The van der Waals surface area contributed by atoms with Gasteiger partial charge in [0.25, 0.3) is 0 Å². The van der Waals surface area contributed by atoms with E-state index in [0.717, 1.165) is 114 Å². The third kappa shape index (κ3) is 33.8. The number of nitrogens with two attached hydrogens (primary N) is 5. The molecule has 15 N–H and O–H groups in total. The molecule has 2 aromatic heterocycles. The molecule has 0 saturated carbocycles. The Bertz CT molecular complexity index is 5920. The number of aliphatic imine (C=N–C) groups is 2. The Morgan fingerprint density at radius 1 is 0.531 bits per heavy atom. The van der Waals surface area contributed by atoms with Crippen LogP contribution in [-0.4, -0.2) is 158 Å². The minimum absolute atomic E-state index is 0.0166. The van der Waals surface area contributed by atoms with Crippen molar-refractivity contribution in [2.45, 2.75) is 103 Å². The third-order valence-electron chi connectivity index (χ3n) is 18.2. The van der Waals surface area contributed by atoms with Crippen LogP contribution in [0.1, 0.15) is 90.9 Å². The summed E-state index contributed by atoms with van der Waals surface area (Å²) in [5, 5.41) is 56.6. The molecule has 672 valence electrons. The number of imide groups is 2. The van der Waals surface area contributed by atoms with Gasteiger partial charge in [-0.1, -0.05) is 137 Å². The monoisotopic (exact) mass is 1940 g/mol. The number of nitrogen functional groups attached to an aromatic ring is 1. The number of amides is 4. The van der Waals surface area contributed by atoms with Crippen molar-refractivity contribution in [3.05, 3.63) is 311 Å². The highest BCUT2D eigenvalue weighted by molar-refractivity contribution is 9.10. The van der Waals surface area contributed by atoms with Crippen LogP contribution in [0.3, 0.4) is 0 Å². The summed E-state index contributed by atoms with van der Waals surface area (Å²) in [6.45, 7) is 0.952. The lowest BCUT2D eigenvalue weighted by Gasteiger charge is -2.16. The first-order valence-electron chi connectivity index (χ1n) is 38.5. The van der Waals surface area contributed by atoms with Crippen LogP contribution in [0.15, 0.2) is 281 Å². The minimum Gasteiger partial charge on any atom is -0.465 e. The molecule has 2 saturated heterocycles. The highest BCUT2D eigenvalue weighted by Crippen LogP contribution is 2.32. The highest BCUT2D eigenvalue weighted by atomic mass is 79.9. The Balaban J connectivity index is 0.000000220. The van der Waals surface area contributed by atoms with E-state index in [0.29, 0.717) is 58.0 Å². The number of aryl methyl sites for hydroxylation is 1. The zero-order valence-corrected chi connectivity index (χ0v) is 76.3. The van der Waals surface area contributed by atoms with E-state index in [2.05, 4.69) is 63.3 Å². The average molecular weight is 1940 g/mol. The van der Waals surface area contributed by atoms with Gasteiger partial charge >= 0.3 is 11.9 Å². The number of nitrogens with one attached hydrogen (secondary N) is 1. The van der Waals surface area contributed by atoms with Gasteiger partial charge in [0, 0.05) is 62.0 Å². The minimum atomic E-state index is -3.79. The average Bonchev–Trinajstić information content (AvgIpc) is 1.65. The van der Waals surface area contributed by atoms with Gasteiger partial charge in [-0.15, -0.1) is 0 Å². The second-order valence-corrected chi connectivity index (χ2v) is 35.5. The molecule has 2 atom stereocenters. The Morgan fingerprint density at radius 3 is 1.30 bits per heavy atom. The number of thioether (sulfide) groups is 1. The molecule has 32 nitrogen and oxygen atoms in total. The smallest absolute Gasteiger partial charge is 0.337 e. The molecule has 4 heterocycles. The Kier molecular flexibility index (Phi) is 41.9. The Labute approximate surface area is 769 Å². The van der Waals surface area contributed by atoms with E-state index in [4.69, 9.17) is 71.4 Å². The summed E-state index contributed by atoms with van der Waals surface area (Å²) in [6.07, 6.45) is 15.0. The maximum absolute atomic E-state index is 13.3. The number of hydrogen-bond donors (Lipinski definition) is 10. The summed E-state index contributed by atoms with van der Waals surface area (Å²) in [4.78, 5) is 91.7. The van der Waals surface area contributed by atoms with Crippen LogP contribution in [-0.2, 0) is 111 Å². The molecular weight excluding hydrogens is 1850 g/mol. The molecule has 2 aliphatic rings. The number of carbonyl (C=O) groups excluding carboxylic acids is 6. The van der Waals surface area contributed by atoms with Gasteiger partial charge in [0.05, 0.1) is 88.7 Å². The molecule has 4 amide bonds. The number of thiocarbonyl (C=S) groups is 3. The summed E-state index contributed by atoms with van der Waals surface area (Å²) in [6, 6.07) is 60.5. The summed E-state index contributed by atoms with van der Waals surface area (Å²) in [5.41, 5.74) is 21.8. The molecule has 13 rings (SSSR count). The van der Waals surface area contributed by atoms with Crippen molar-refractivity contribution in [1.82, 2.24) is 19.1 Å². The maximum atomic E-state index is 13.3. The molecule has 40 heteroatoms. The van der Waals surface area contributed by atoms with Crippen molar-refractivity contribution in [2.24, 2.45) is 31.1 Å². The van der Waals surface area contributed by atoms with Gasteiger partial charge in [0.15, 0.2) is 10.3 Å². The number of hydrogen-bond acceptors (Lipinski definition) is 28. The van der Waals surface area contributed by atoms with Crippen molar-refractivity contribution in [2.75, 3.05) is 48.2 Å². The number of isothiocyanates is 1. The Morgan fingerprint density at radius 2 is 0.914 bits per heavy atom. The molecule has 2 unspecified atom stereocenters. The summed E-state index contributed by atoms with van der Waals surface area (Å²) < 4.78 is 79.9. The lowest BCUT2D eigenvalue weighted by molar-refractivity contribution is -0.122. The van der Waals surface area contributed by atoms with Crippen LogP contribution in [0.25, 0.3) is 0 Å². The van der Waals surface area contributed by atoms with E-state index in [1.165, 1.54) is 87.0 Å². The van der Waals surface area contributed by atoms with Gasteiger partial charge in [-0.25, -0.2) is 70.0 Å². The van der Waals surface area contributed by atoms with Crippen LogP contribution >= 0.6 is 64.3 Å². The number of rotatable bonds is 25. The number of amidine groups is 1. The molecular formula is C88H93BrN14O18S7. The number of nitrogens with zero attached hydrogens (tertiary/aromatic N) is 8. The first-order chi connectivity index (χ1) is 61.1. The number of sulfonamides is 3. The van der Waals surface area contributed by atoms with Crippen LogP contribution in [0.2, 0.25) is 0 Å². The topological polar surface area (TPSA) is 513 Å². The third-order valence-corrected chi connectivity index (χ3v) is 23.7. The first kappa shape index (κ1) is 103. The van der Waals surface area contributed by atoms with Crippen molar-refractivity contribution in [3.63, 3.8) is 0 Å². The van der Waals surface area contributed by atoms with E-state index < -0.39 is 58.0 Å². The molecule has 0 aliphatic carbocycles. The SMILES string of the molecule is COC(=O)c1ccc(N2C(=O)CC(Br)C2=O)cc1.COC(=O)c1ccc(N2C(=O)CC(SC(=NCCc3ccc(S(N)(=O)=O)cc3)Nc3ccc(CO)cc3)C2=O)cc1.NCCc1ccc(S(N)(=O)=O)cc1.NS(=O)(=O)c1ccc(CCCC(=S)Cc2ccc(CO)cc2)cc1.Nc1ccc(CO)cc1.OCc1ccc(N=C=S)cc1.S=C(n1ccnc1)n1ccnc1. The van der Waals surface area contributed by atoms with E-state index >= 15 is 0 Å². The van der Waals surface area contributed by atoms with Crippen molar-refractivity contribution in [1.29, 1.82) is 0 Å². The highest BCUT2D eigenvalue weighted by Gasteiger charge is 2.41. The quantitative estimate of drug-likeness (QED) is 0.00483. The van der Waals surface area contributed by atoms with E-state index in [1.807, 2.05) is 24.3 Å². The number of primary sulfonamides is 3. The lowest BCUT2D eigenvalue weighted by Crippen LogP contribution is -2.31. The van der Waals surface area contributed by atoms with Crippen molar-refractivity contribution in [3.8, 4) is 0 Å². The Hall–Kier alpha value is -11.8. The first-order valence-corrected chi connectivity index (χ1v) is 46.2. The zero-order valence-electron chi connectivity index (χ0n) is 69.0. The second kappa shape index (κ2) is 51.9. The molecule has 0 bridgehead atoms. The van der Waals surface area contributed by atoms with Gasteiger partial charge in [0.1, 0.15) is 22.7 Å². The summed E-state index contributed by atoms with van der Waals surface area (Å²) in [7, 11) is -8.43. The van der Waals surface area contributed by atoms with Crippen LogP contribution in [0.4, 0.5) is 28.4 Å². The number of aliphatic hydroxyl groups excluding tert-OH is 4. The maximum Gasteiger partial charge on any atom is 0.337 e.